The van der Waals surface area contributed by atoms with Gasteiger partial charge in [0.05, 0.1) is 0 Å². The fraction of sp³-hybridized carbons (Fsp3) is 0.0833. The molecule has 78 valence electrons. The lowest BCUT2D eigenvalue weighted by Gasteiger charge is -1.97. The molecular weight excluding hydrogens is 229 g/mol. The Morgan fingerprint density at radius 3 is 2.13 bits per heavy atom. The van der Waals surface area contributed by atoms with Crippen molar-refractivity contribution in [3.63, 3.8) is 0 Å². The Morgan fingerprint density at radius 2 is 1.53 bits per heavy atom. The maximum Gasteiger partial charge on any atom is 0.173 e. The van der Waals surface area contributed by atoms with E-state index in [0.717, 1.165) is 11.6 Å². The quantitative estimate of drug-likeness (QED) is 0.633. The van der Waals surface area contributed by atoms with Gasteiger partial charge in [0.2, 0.25) is 0 Å². The molecule has 0 N–H and O–H groups in total. The van der Waals surface area contributed by atoms with Gasteiger partial charge in [-0.15, -0.1) is 0 Å². The van der Waals surface area contributed by atoms with Crippen LogP contribution in [0.15, 0.2) is 54.9 Å². The predicted octanol–water partition coefficient (Wildman–Crippen LogP) is -0.320. The van der Waals surface area contributed by atoms with Gasteiger partial charge >= 0.3 is 0 Å². The lowest BCUT2D eigenvalue weighted by atomic mass is 10.2. The largest absolute Gasteiger partial charge is 1.00 e. The molecule has 0 saturated carbocycles. The molecule has 2 rings (SSSR count). The van der Waals surface area contributed by atoms with Gasteiger partial charge in [-0.3, -0.25) is 0 Å². The molecule has 0 bridgehead atoms. The highest BCUT2D eigenvalue weighted by molar-refractivity contribution is 6.30. The zero-order valence-electron chi connectivity index (χ0n) is 8.11. The van der Waals surface area contributed by atoms with Crippen LogP contribution < -0.4 is 17.0 Å². The molecule has 0 amide bonds. The van der Waals surface area contributed by atoms with Gasteiger partial charge in [0.25, 0.3) is 0 Å². The summed E-state index contributed by atoms with van der Waals surface area (Å²) in [5.74, 6) is 0. The first kappa shape index (κ1) is 12.0. The van der Waals surface area contributed by atoms with E-state index in [1.807, 2.05) is 42.5 Å². The van der Waals surface area contributed by atoms with Crippen LogP contribution in [-0.4, -0.2) is 0 Å². The standard InChI is InChI=1S/C12H11ClN.ClH/c13-12-6-4-11(5-7-12)10-14-8-2-1-3-9-14;/h1-9H,10H2;1H/q+1;/p-1. The molecule has 0 saturated heterocycles. The van der Waals surface area contributed by atoms with E-state index in [9.17, 15) is 0 Å². The molecule has 0 fully saturated rings. The van der Waals surface area contributed by atoms with E-state index in [4.69, 9.17) is 11.6 Å². The number of hydrogen-bond donors (Lipinski definition) is 0. The molecule has 1 heterocycles. The van der Waals surface area contributed by atoms with Gasteiger partial charge in [-0.1, -0.05) is 29.8 Å². The summed E-state index contributed by atoms with van der Waals surface area (Å²) in [6.45, 7) is 0.887. The Balaban J connectivity index is 0.00000112. The van der Waals surface area contributed by atoms with Gasteiger partial charge in [-0.25, -0.2) is 4.57 Å². The Labute approximate surface area is 101 Å². The molecule has 0 atom stereocenters. The Hall–Kier alpha value is -1.05. The molecular formula is C12H11Cl2N. The number of halogens is 2. The molecule has 1 nitrogen and oxygen atoms in total. The first-order valence-electron chi connectivity index (χ1n) is 4.53. The van der Waals surface area contributed by atoms with Gasteiger partial charge in [0, 0.05) is 22.7 Å². The summed E-state index contributed by atoms with van der Waals surface area (Å²) in [5, 5.41) is 0.784. The molecule has 0 aliphatic heterocycles. The molecule has 1 aromatic carbocycles. The van der Waals surface area contributed by atoms with Crippen LogP contribution in [0.1, 0.15) is 5.56 Å². The van der Waals surface area contributed by atoms with Gasteiger partial charge in [-0.05, 0) is 12.1 Å². The van der Waals surface area contributed by atoms with Crippen molar-refractivity contribution >= 4 is 11.6 Å². The van der Waals surface area contributed by atoms with Gasteiger partial charge in [0.15, 0.2) is 18.9 Å². The van der Waals surface area contributed by atoms with Gasteiger partial charge in [-0.2, -0.15) is 0 Å². The second-order valence-electron chi connectivity index (χ2n) is 3.17. The highest BCUT2D eigenvalue weighted by Gasteiger charge is 1.99. The smallest absolute Gasteiger partial charge is 0.173 e. The number of nitrogens with zero attached hydrogens (tertiary/aromatic N) is 1. The Morgan fingerprint density at radius 1 is 0.933 bits per heavy atom. The fourth-order valence-corrected chi connectivity index (χ4v) is 1.47. The van der Waals surface area contributed by atoms with Crippen molar-refractivity contribution in [2.75, 3.05) is 0 Å². The molecule has 0 spiro atoms. The lowest BCUT2D eigenvalue weighted by molar-refractivity contribution is -0.688. The third-order valence-corrected chi connectivity index (χ3v) is 2.31. The minimum atomic E-state index is 0. The van der Waals surface area contributed by atoms with Crippen LogP contribution in [0.5, 0.6) is 0 Å². The van der Waals surface area contributed by atoms with E-state index in [2.05, 4.69) is 17.0 Å². The predicted molar refractivity (Wildman–Crippen MR) is 57.2 cm³/mol. The Kier molecular flexibility index (Phi) is 4.60. The van der Waals surface area contributed by atoms with Crippen LogP contribution in [0.25, 0.3) is 0 Å². The normalized spacial score (nSPS) is 9.40. The SMILES string of the molecule is Clc1ccc(C[n+]2ccccc2)cc1.[Cl-]. The van der Waals surface area contributed by atoms with Crippen LogP contribution in [-0.2, 0) is 6.54 Å². The molecule has 0 radical (unpaired) electrons. The van der Waals surface area contributed by atoms with E-state index in [1.54, 1.807) is 0 Å². The van der Waals surface area contributed by atoms with Crippen LogP contribution in [0, 0.1) is 0 Å². The highest BCUT2D eigenvalue weighted by atomic mass is 35.5. The molecule has 1 aromatic heterocycles. The van der Waals surface area contributed by atoms with E-state index in [-0.39, 0.29) is 12.4 Å². The van der Waals surface area contributed by atoms with Crippen molar-refractivity contribution < 1.29 is 17.0 Å². The third-order valence-electron chi connectivity index (χ3n) is 2.06. The molecule has 3 heteroatoms. The summed E-state index contributed by atoms with van der Waals surface area (Å²) < 4.78 is 2.13. The van der Waals surface area contributed by atoms with E-state index in [1.165, 1.54) is 5.56 Å². The third kappa shape index (κ3) is 3.54. The Bertz CT molecular complexity index is 398. The van der Waals surface area contributed by atoms with E-state index in [0.29, 0.717) is 0 Å². The number of benzene rings is 1. The zero-order valence-corrected chi connectivity index (χ0v) is 9.62. The monoisotopic (exact) mass is 239 g/mol. The molecule has 0 unspecified atom stereocenters. The summed E-state index contributed by atoms with van der Waals surface area (Å²) in [5.41, 5.74) is 1.26. The fourth-order valence-electron chi connectivity index (χ4n) is 1.34. The number of aromatic nitrogens is 1. The summed E-state index contributed by atoms with van der Waals surface area (Å²) in [6.07, 6.45) is 4.10. The minimum Gasteiger partial charge on any atom is -1.00 e. The zero-order chi connectivity index (χ0) is 9.80. The average Bonchev–Trinajstić information content (AvgIpc) is 2.23. The molecule has 15 heavy (non-hydrogen) atoms. The van der Waals surface area contributed by atoms with Crippen molar-refractivity contribution in [1.82, 2.24) is 0 Å². The van der Waals surface area contributed by atoms with Gasteiger partial charge in [0.1, 0.15) is 0 Å². The summed E-state index contributed by atoms with van der Waals surface area (Å²) in [6, 6.07) is 14.0. The highest BCUT2D eigenvalue weighted by Crippen LogP contribution is 2.08. The van der Waals surface area contributed by atoms with Crippen LogP contribution in [0.4, 0.5) is 0 Å². The van der Waals surface area contributed by atoms with Crippen LogP contribution in [0.3, 0.4) is 0 Å². The summed E-state index contributed by atoms with van der Waals surface area (Å²) in [7, 11) is 0. The first-order chi connectivity index (χ1) is 6.84. The maximum atomic E-state index is 5.81. The molecule has 0 aliphatic rings. The topological polar surface area (TPSA) is 3.88 Å². The second-order valence-corrected chi connectivity index (χ2v) is 3.61. The van der Waals surface area contributed by atoms with Crippen LogP contribution >= 0.6 is 11.6 Å². The van der Waals surface area contributed by atoms with Crippen molar-refractivity contribution in [2.45, 2.75) is 6.54 Å². The number of rotatable bonds is 2. The molecule has 0 aliphatic carbocycles. The first-order valence-corrected chi connectivity index (χ1v) is 4.91. The number of pyridine rings is 1. The van der Waals surface area contributed by atoms with Crippen LogP contribution in [0.2, 0.25) is 5.02 Å². The number of hydrogen-bond acceptors (Lipinski definition) is 0. The summed E-state index contributed by atoms with van der Waals surface area (Å²) >= 11 is 5.81. The van der Waals surface area contributed by atoms with Crippen molar-refractivity contribution in [3.05, 3.63) is 65.4 Å². The molecule has 2 aromatic rings. The van der Waals surface area contributed by atoms with E-state index < -0.39 is 0 Å². The second kappa shape index (κ2) is 5.74. The van der Waals surface area contributed by atoms with Crippen molar-refractivity contribution in [1.29, 1.82) is 0 Å². The van der Waals surface area contributed by atoms with Crippen molar-refractivity contribution in [3.8, 4) is 0 Å². The van der Waals surface area contributed by atoms with Crippen molar-refractivity contribution in [2.24, 2.45) is 0 Å². The van der Waals surface area contributed by atoms with Gasteiger partial charge < -0.3 is 12.4 Å². The minimum absolute atomic E-state index is 0. The maximum absolute atomic E-state index is 5.81. The lowest BCUT2D eigenvalue weighted by Crippen LogP contribution is -3.00. The van der Waals surface area contributed by atoms with E-state index >= 15 is 0 Å². The average molecular weight is 240 g/mol. The summed E-state index contributed by atoms with van der Waals surface area (Å²) in [4.78, 5) is 0.